The van der Waals surface area contributed by atoms with Gasteiger partial charge in [0.15, 0.2) is 5.58 Å². The first kappa shape index (κ1) is 23.3. The Kier molecular flexibility index (Phi) is 5.03. The highest BCUT2D eigenvalue weighted by molar-refractivity contribution is 7.26. The SMILES string of the molecule is c1ccc(N(c2ccc3c(c2)oc2cccc(-c4nc5ccccc5o4)c23)c2cccc3sc4ccccc4c23)cc1. The number of thiophene rings is 1. The topological polar surface area (TPSA) is 42.4 Å². The summed E-state index contributed by atoms with van der Waals surface area (Å²) in [6.07, 6.45) is 0. The van der Waals surface area contributed by atoms with E-state index >= 15 is 0 Å². The maximum Gasteiger partial charge on any atom is 0.228 e. The zero-order valence-electron chi connectivity index (χ0n) is 22.3. The van der Waals surface area contributed by atoms with Crippen LogP contribution in [0.5, 0.6) is 0 Å². The number of aromatic nitrogens is 1. The predicted molar refractivity (Wildman–Crippen MR) is 174 cm³/mol. The van der Waals surface area contributed by atoms with Crippen LogP contribution in [0.25, 0.3) is 64.7 Å². The highest BCUT2D eigenvalue weighted by Crippen LogP contribution is 2.46. The summed E-state index contributed by atoms with van der Waals surface area (Å²) < 4.78 is 15.2. The van der Waals surface area contributed by atoms with E-state index in [4.69, 9.17) is 13.8 Å². The van der Waals surface area contributed by atoms with Gasteiger partial charge in [0.25, 0.3) is 0 Å². The van der Waals surface area contributed by atoms with Crippen molar-refractivity contribution >= 4 is 81.6 Å². The maximum absolute atomic E-state index is 6.50. The molecule has 9 rings (SSSR count). The molecule has 0 amide bonds. The van der Waals surface area contributed by atoms with Gasteiger partial charge < -0.3 is 13.7 Å². The zero-order chi connectivity index (χ0) is 27.6. The van der Waals surface area contributed by atoms with Gasteiger partial charge in [-0.25, -0.2) is 4.98 Å². The van der Waals surface area contributed by atoms with Crippen molar-refractivity contribution in [2.45, 2.75) is 0 Å². The van der Waals surface area contributed by atoms with Crippen LogP contribution in [0.2, 0.25) is 0 Å². The Bertz CT molecular complexity index is 2400. The second-order valence-electron chi connectivity index (χ2n) is 10.4. The summed E-state index contributed by atoms with van der Waals surface area (Å²) in [5, 5.41) is 4.55. The molecule has 0 aliphatic carbocycles. The number of hydrogen-bond acceptors (Lipinski definition) is 5. The Morgan fingerprint density at radius 2 is 1.31 bits per heavy atom. The Morgan fingerprint density at radius 1 is 0.524 bits per heavy atom. The predicted octanol–water partition coefficient (Wildman–Crippen LogP) is 11.2. The molecule has 0 aliphatic heterocycles. The Balaban J connectivity index is 1.27. The molecule has 6 aromatic carbocycles. The van der Waals surface area contributed by atoms with Crippen LogP contribution in [-0.2, 0) is 0 Å². The first-order valence-corrected chi connectivity index (χ1v) is 14.7. The summed E-state index contributed by atoms with van der Waals surface area (Å²) in [7, 11) is 0. The molecule has 0 atom stereocenters. The number of rotatable bonds is 4. The van der Waals surface area contributed by atoms with Crippen molar-refractivity contribution in [1.82, 2.24) is 4.98 Å². The number of para-hydroxylation sites is 3. The van der Waals surface area contributed by atoms with Gasteiger partial charge in [-0.15, -0.1) is 11.3 Å². The van der Waals surface area contributed by atoms with E-state index in [0.717, 1.165) is 55.7 Å². The molecule has 3 heterocycles. The van der Waals surface area contributed by atoms with Crippen molar-refractivity contribution in [3.8, 4) is 11.5 Å². The Hall–Kier alpha value is -5.39. The summed E-state index contributed by atoms with van der Waals surface area (Å²) >= 11 is 1.83. The normalized spacial score (nSPS) is 11.8. The van der Waals surface area contributed by atoms with Crippen LogP contribution < -0.4 is 4.90 Å². The van der Waals surface area contributed by atoms with Gasteiger partial charge in [-0.05, 0) is 66.7 Å². The molecule has 3 aromatic heterocycles. The summed E-state index contributed by atoms with van der Waals surface area (Å²) in [4.78, 5) is 7.11. The molecule has 5 heteroatoms. The molecule has 0 radical (unpaired) electrons. The van der Waals surface area contributed by atoms with E-state index < -0.39 is 0 Å². The molecule has 0 fully saturated rings. The molecule has 0 aliphatic rings. The molecule has 0 N–H and O–H groups in total. The quantitative estimate of drug-likeness (QED) is 0.215. The molecule has 0 saturated heterocycles. The van der Waals surface area contributed by atoms with Crippen LogP contribution in [-0.4, -0.2) is 4.98 Å². The van der Waals surface area contributed by atoms with E-state index in [1.54, 1.807) is 0 Å². The monoisotopic (exact) mass is 558 g/mol. The van der Waals surface area contributed by atoms with Gasteiger partial charge in [0.05, 0.1) is 5.69 Å². The molecule has 0 saturated carbocycles. The maximum atomic E-state index is 6.50. The summed E-state index contributed by atoms with van der Waals surface area (Å²) in [6.45, 7) is 0. The van der Waals surface area contributed by atoms with Crippen LogP contribution in [0, 0.1) is 0 Å². The molecular formula is C37H22N2O2S. The summed E-state index contributed by atoms with van der Waals surface area (Å²) in [5.74, 6) is 0.593. The van der Waals surface area contributed by atoms with Gasteiger partial charge in [-0.2, -0.15) is 0 Å². The van der Waals surface area contributed by atoms with Gasteiger partial charge >= 0.3 is 0 Å². The zero-order valence-corrected chi connectivity index (χ0v) is 23.1. The fourth-order valence-electron chi connectivity index (χ4n) is 6.07. The minimum absolute atomic E-state index is 0.593. The van der Waals surface area contributed by atoms with Gasteiger partial charge in [0.2, 0.25) is 5.89 Å². The number of hydrogen-bond donors (Lipinski definition) is 0. The van der Waals surface area contributed by atoms with E-state index in [0.29, 0.717) is 5.89 Å². The third kappa shape index (κ3) is 3.51. The van der Waals surface area contributed by atoms with Crippen molar-refractivity contribution in [3.63, 3.8) is 0 Å². The van der Waals surface area contributed by atoms with Crippen molar-refractivity contribution in [3.05, 3.63) is 133 Å². The molecule has 0 unspecified atom stereocenters. The van der Waals surface area contributed by atoms with Crippen molar-refractivity contribution in [2.24, 2.45) is 0 Å². The lowest BCUT2D eigenvalue weighted by atomic mass is 10.0. The second kappa shape index (κ2) is 9.06. The van der Waals surface area contributed by atoms with Crippen LogP contribution in [0.1, 0.15) is 0 Å². The Labute approximate surface area is 244 Å². The van der Waals surface area contributed by atoms with Crippen molar-refractivity contribution in [2.75, 3.05) is 4.90 Å². The van der Waals surface area contributed by atoms with Gasteiger partial charge in [0.1, 0.15) is 16.7 Å². The first-order valence-electron chi connectivity index (χ1n) is 13.9. The number of nitrogens with zero attached hydrogens (tertiary/aromatic N) is 2. The lowest BCUT2D eigenvalue weighted by Crippen LogP contribution is -2.10. The number of furan rings is 1. The minimum Gasteiger partial charge on any atom is -0.456 e. The number of fused-ring (bicyclic) bond motifs is 7. The molecule has 42 heavy (non-hydrogen) atoms. The first-order chi connectivity index (χ1) is 20.8. The molecule has 9 aromatic rings. The molecule has 4 nitrogen and oxygen atoms in total. The number of oxazole rings is 1. The molecule has 198 valence electrons. The van der Waals surface area contributed by atoms with Crippen LogP contribution in [0.4, 0.5) is 17.1 Å². The highest BCUT2D eigenvalue weighted by atomic mass is 32.1. The number of benzene rings is 6. The molecule has 0 bridgehead atoms. The third-order valence-electron chi connectivity index (χ3n) is 7.90. The largest absolute Gasteiger partial charge is 0.456 e. The second-order valence-corrected chi connectivity index (χ2v) is 11.5. The summed E-state index contributed by atoms with van der Waals surface area (Å²) in [5.41, 5.74) is 7.40. The standard InChI is InChI=1S/C37H22N2O2S/c1-2-10-23(11-3-1)39(29-15-9-19-34-36(29)26-12-4-7-18-33(26)42-34)24-20-21-25-32(22-24)40-31-17-8-13-27(35(25)31)37-38-28-14-5-6-16-30(28)41-37/h1-22H. The van der Waals surface area contributed by atoms with Crippen LogP contribution in [0.3, 0.4) is 0 Å². The van der Waals surface area contributed by atoms with E-state index in [9.17, 15) is 0 Å². The lowest BCUT2D eigenvalue weighted by molar-refractivity contribution is 0.620. The smallest absolute Gasteiger partial charge is 0.228 e. The fourth-order valence-corrected chi connectivity index (χ4v) is 7.19. The third-order valence-corrected chi connectivity index (χ3v) is 9.04. The van der Waals surface area contributed by atoms with E-state index in [1.165, 1.54) is 20.2 Å². The van der Waals surface area contributed by atoms with Gasteiger partial charge in [-0.3, -0.25) is 0 Å². The minimum atomic E-state index is 0.593. The van der Waals surface area contributed by atoms with Crippen LogP contribution in [0.15, 0.2) is 142 Å². The van der Waals surface area contributed by atoms with E-state index in [1.807, 2.05) is 47.7 Å². The van der Waals surface area contributed by atoms with Crippen molar-refractivity contribution in [1.29, 1.82) is 0 Å². The van der Waals surface area contributed by atoms with E-state index in [2.05, 4.69) is 102 Å². The fraction of sp³-hybridized carbons (Fsp3) is 0. The Morgan fingerprint density at radius 3 is 2.24 bits per heavy atom. The van der Waals surface area contributed by atoms with Crippen molar-refractivity contribution < 1.29 is 8.83 Å². The van der Waals surface area contributed by atoms with Gasteiger partial charge in [-0.1, -0.05) is 60.7 Å². The lowest BCUT2D eigenvalue weighted by Gasteiger charge is -2.26. The summed E-state index contributed by atoms with van der Waals surface area (Å²) in [6, 6.07) is 46.1. The average Bonchev–Trinajstić information content (AvgIpc) is 3.74. The number of anilines is 3. The molecular weight excluding hydrogens is 536 g/mol. The highest BCUT2D eigenvalue weighted by Gasteiger charge is 2.21. The van der Waals surface area contributed by atoms with Gasteiger partial charge in [0, 0.05) is 53.9 Å². The average molecular weight is 559 g/mol. The molecule has 0 spiro atoms. The van der Waals surface area contributed by atoms with E-state index in [-0.39, 0.29) is 0 Å². The van der Waals surface area contributed by atoms with Crippen LogP contribution >= 0.6 is 11.3 Å².